The highest BCUT2D eigenvalue weighted by Gasteiger charge is 2.47. The maximum atomic E-state index is 13.0. The normalized spacial score (nSPS) is 22.1. The predicted molar refractivity (Wildman–Crippen MR) is 81.3 cm³/mol. The zero-order valence-corrected chi connectivity index (χ0v) is 13.8. The van der Waals surface area contributed by atoms with Crippen LogP contribution in [0, 0.1) is 16.6 Å². The van der Waals surface area contributed by atoms with E-state index in [1.54, 1.807) is 4.57 Å². The van der Waals surface area contributed by atoms with Crippen LogP contribution in [0.15, 0.2) is 0 Å². The Morgan fingerprint density at radius 3 is 2.78 bits per heavy atom. The third-order valence-corrected chi connectivity index (χ3v) is 4.62. The first-order chi connectivity index (χ1) is 10.8. The first-order valence-corrected chi connectivity index (χ1v) is 8.24. The van der Waals surface area contributed by atoms with Crippen LogP contribution in [0.3, 0.4) is 0 Å². The minimum atomic E-state index is -4.31. The van der Waals surface area contributed by atoms with Crippen LogP contribution in [-0.2, 0) is 17.8 Å². The molecule has 1 fully saturated rings. The quantitative estimate of drug-likeness (QED) is 0.803. The van der Waals surface area contributed by atoms with Crippen molar-refractivity contribution >= 4 is 18.1 Å². The molecule has 0 aromatic carbocycles. The van der Waals surface area contributed by atoms with Gasteiger partial charge in [-0.3, -0.25) is 9.89 Å². The fraction of sp³-hybridized carbons (Fsp3) is 0.786. The molecule has 23 heavy (non-hydrogen) atoms. The third-order valence-electron chi connectivity index (χ3n) is 4.31. The minimum Gasteiger partial charge on any atom is -0.354 e. The lowest BCUT2D eigenvalue weighted by atomic mass is 9.78. The van der Waals surface area contributed by atoms with Crippen molar-refractivity contribution in [2.45, 2.75) is 51.7 Å². The highest BCUT2D eigenvalue weighted by molar-refractivity contribution is 7.71. The van der Waals surface area contributed by atoms with Crippen LogP contribution in [0.5, 0.6) is 0 Å². The summed E-state index contributed by atoms with van der Waals surface area (Å²) in [6, 6.07) is 0. The van der Waals surface area contributed by atoms with E-state index in [0.29, 0.717) is 37.0 Å². The lowest BCUT2D eigenvalue weighted by molar-refractivity contribution is -0.198. The number of aromatic amines is 1. The summed E-state index contributed by atoms with van der Waals surface area (Å²) >= 11 is 5.09. The number of nitrogens with zero attached hydrogens (tertiary/aromatic N) is 2. The molecule has 0 aliphatic heterocycles. The van der Waals surface area contributed by atoms with Gasteiger partial charge in [0.05, 0.1) is 5.92 Å². The van der Waals surface area contributed by atoms with Gasteiger partial charge in [0.15, 0.2) is 4.77 Å². The lowest BCUT2D eigenvalue weighted by Crippen LogP contribution is -2.43. The Kier molecular flexibility index (Phi) is 5.83. The Morgan fingerprint density at radius 2 is 2.13 bits per heavy atom. The average molecular weight is 350 g/mol. The molecule has 2 rings (SSSR count). The van der Waals surface area contributed by atoms with Crippen LogP contribution >= 0.6 is 12.2 Å². The Labute approximate surface area is 137 Å². The van der Waals surface area contributed by atoms with Crippen molar-refractivity contribution in [3.05, 3.63) is 10.6 Å². The van der Waals surface area contributed by atoms with E-state index < -0.39 is 23.9 Å². The summed E-state index contributed by atoms with van der Waals surface area (Å²) in [5.41, 5.74) is 0. The molecule has 2 atom stereocenters. The second-order valence-electron chi connectivity index (χ2n) is 5.78. The largest absolute Gasteiger partial charge is 0.392 e. The van der Waals surface area contributed by atoms with Crippen LogP contribution < -0.4 is 5.32 Å². The molecule has 1 aromatic heterocycles. The molecule has 1 aliphatic carbocycles. The van der Waals surface area contributed by atoms with Gasteiger partial charge in [0.1, 0.15) is 5.82 Å². The molecule has 0 bridgehead atoms. The van der Waals surface area contributed by atoms with Gasteiger partial charge >= 0.3 is 6.18 Å². The minimum absolute atomic E-state index is 0.0361. The van der Waals surface area contributed by atoms with Gasteiger partial charge in [-0.25, -0.2) is 0 Å². The maximum absolute atomic E-state index is 13.0. The van der Waals surface area contributed by atoms with Crippen molar-refractivity contribution in [3.8, 4) is 0 Å². The smallest absolute Gasteiger partial charge is 0.354 e. The average Bonchev–Trinajstić information content (AvgIpc) is 2.87. The van der Waals surface area contributed by atoms with Gasteiger partial charge in [0.25, 0.3) is 0 Å². The third kappa shape index (κ3) is 4.33. The topological polar surface area (TPSA) is 62.7 Å². The lowest BCUT2D eigenvalue weighted by Gasteiger charge is -2.32. The van der Waals surface area contributed by atoms with E-state index in [2.05, 4.69) is 15.5 Å². The summed E-state index contributed by atoms with van der Waals surface area (Å²) in [6.07, 6.45) is -2.12. The van der Waals surface area contributed by atoms with Crippen molar-refractivity contribution in [1.29, 1.82) is 0 Å². The van der Waals surface area contributed by atoms with Gasteiger partial charge in [-0.1, -0.05) is 19.8 Å². The monoisotopic (exact) mass is 350 g/mol. The molecule has 5 nitrogen and oxygen atoms in total. The number of amides is 1. The van der Waals surface area contributed by atoms with Gasteiger partial charge in [0, 0.05) is 25.4 Å². The molecule has 1 aromatic rings. The zero-order valence-electron chi connectivity index (χ0n) is 12.9. The zero-order chi connectivity index (χ0) is 17.0. The number of H-pyrrole nitrogens is 1. The number of halogens is 3. The van der Waals surface area contributed by atoms with Crippen molar-refractivity contribution in [2.75, 3.05) is 6.54 Å². The molecule has 0 radical (unpaired) electrons. The van der Waals surface area contributed by atoms with Gasteiger partial charge in [0.2, 0.25) is 5.91 Å². The number of nitrogens with one attached hydrogen (secondary N) is 2. The summed E-state index contributed by atoms with van der Waals surface area (Å²) in [5, 5.41) is 9.34. The fourth-order valence-corrected chi connectivity index (χ4v) is 3.35. The number of hydrogen-bond acceptors (Lipinski definition) is 3. The van der Waals surface area contributed by atoms with Crippen LogP contribution in [0.25, 0.3) is 0 Å². The van der Waals surface area contributed by atoms with Crippen LogP contribution in [0.2, 0.25) is 0 Å². The van der Waals surface area contributed by atoms with Crippen molar-refractivity contribution in [1.82, 2.24) is 20.1 Å². The van der Waals surface area contributed by atoms with Crippen molar-refractivity contribution < 1.29 is 18.0 Å². The first kappa shape index (κ1) is 18.0. The van der Waals surface area contributed by atoms with Gasteiger partial charge < -0.3 is 9.88 Å². The second-order valence-corrected chi connectivity index (χ2v) is 6.17. The van der Waals surface area contributed by atoms with E-state index in [4.69, 9.17) is 12.2 Å². The number of carbonyl (C=O) groups is 1. The number of alkyl halides is 3. The highest BCUT2D eigenvalue weighted by Crippen LogP contribution is 2.41. The molecule has 1 amide bonds. The van der Waals surface area contributed by atoms with Crippen LogP contribution in [0.4, 0.5) is 13.2 Å². The molecule has 0 saturated heterocycles. The summed E-state index contributed by atoms with van der Waals surface area (Å²) in [6.45, 7) is 2.56. The van der Waals surface area contributed by atoms with Crippen molar-refractivity contribution in [2.24, 2.45) is 11.8 Å². The molecule has 130 valence electrons. The summed E-state index contributed by atoms with van der Waals surface area (Å²) in [4.78, 5) is 12.2. The molecular weight excluding hydrogens is 329 g/mol. The highest BCUT2D eigenvalue weighted by atomic mass is 32.1. The van der Waals surface area contributed by atoms with E-state index in [1.165, 1.54) is 0 Å². The number of hydrogen-bond donors (Lipinski definition) is 2. The van der Waals surface area contributed by atoms with Crippen LogP contribution in [-0.4, -0.2) is 33.4 Å². The van der Waals surface area contributed by atoms with E-state index in [-0.39, 0.29) is 13.0 Å². The second kappa shape index (κ2) is 7.46. The van der Waals surface area contributed by atoms with Gasteiger partial charge in [-0.05, 0) is 25.1 Å². The van der Waals surface area contributed by atoms with E-state index in [1.807, 2.05) is 6.92 Å². The SMILES string of the molecule is CCc1n[nH]c(=S)n1CCNC(=O)[C@@H]1CCCC[C@@H]1C(F)(F)F. The Bertz CT molecular complexity index is 596. The molecule has 1 saturated carbocycles. The molecule has 0 unspecified atom stereocenters. The molecule has 9 heteroatoms. The summed E-state index contributed by atoms with van der Waals surface area (Å²) in [7, 11) is 0. The van der Waals surface area contributed by atoms with Gasteiger partial charge in [-0.2, -0.15) is 18.3 Å². The Morgan fingerprint density at radius 1 is 1.43 bits per heavy atom. The van der Waals surface area contributed by atoms with Crippen molar-refractivity contribution in [3.63, 3.8) is 0 Å². The number of rotatable bonds is 5. The fourth-order valence-electron chi connectivity index (χ4n) is 3.11. The van der Waals surface area contributed by atoms with Gasteiger partial charge in [-0.15, -0.1) is 0 Å². The molecule has 2 N–H and O–H groups in total. The maximum Gasteiger partial charge on any atom is 0.392 e. The first-order valence-electron chi connectivity index (χ1n) is 7.83. The Hall–Kier alpha value is -1.38. The number of carbonyl (C=O) groups excluding carboxylic acids is 1. The van der Waals surface area contributed by atoms with E-state index in [9.17, 15) is 18.0 Å². The molecule has 1 aliphatic rings. The summed E-state index contributed by atoms with van der Waals surface area (Å²) < 4.78 is 41.3. The Balaban J connectivity index is 1.93. The van der Waals surface area contributed by atoms with Crippen LogP contribution in [0.1, 0.15) is 38.4 Å². The molecule has 1 heterocycles. The summed E-state index contributed by atoms with van der Waals surface area (Å²) in [5.74, 6) is -2.26. The molecular formula is C14H21F3N4OS. The number of aryl methyl sites for hydroxylation is 1. The predicted octanol–water partition coefficient (Wildman–Crippen LogP) is 2.99. The van der Waals surface area contributed by atoms with E-state index in [0.717, 1.165) is 5.82 Å². The molecule has 0 spiro atoms. The number of aromatic nitrogens is 3. The van der Waals surface area contributed by atoms with E-state index >= 15 is 0 Å². The standard InChI is InChI=1S/C14H21F3N4OS/c1-2-11-19-20-13(23)21(11)8-7-18-12(22)9-5-3-4-6-10(9)14(15,16)17/h9-10H,2-8H2,1H3,(H,18,22)(H,20,23)/t9-,10+/m1/s1.